The van der Waals surface area contributed by atoms with E-state index in [0.717, 1.165) is 5.56 Å². The summed E-state index contributed by atoms with van der Waals surface area (Å²) >= 11 is 0. The van der Waals surface area contributed by atoms with E-state index >= 15 is 0 Å². The molecule has 0 unspecified atom stereocenters. The lowest BCUT2D eigenvalue weighted by molar-refractivity contribution is 0.102. The van der Waals surface area contributed by atoms with Crippen molar-refractivity contribution in [3.8, 4) is 17.2 Å². The van der Waals surface area contributed by atoms with Crippen molar-refractivity contribution in [3.63, 3.8) is 0 Å². The molecule has 2 N–H and O–H groups in total. The van der Waals surface area contributed by atoms with Gasteiger partial charge in [-0.1, -0.05) is 0 Å². The van der Waals surface area contributed by atoms with E-state index < -0.39 is 0 Å². The Kier molecular flexibility index (Phi) is 4.33. The van der Waals surface area contributed by atoms with Gasteiger partial charge in [0.15, 0.2) is 11.5 Å². The summed E-state index contributed by atoms with van der Waals surface area (Å²) in [6.45, 7) is 1.83. The molecule has 0 saturated carbocycles. The van der Waals surface area contributed by atoms with Crippen molar-refractivity contribution in [1.29, 1.82) is 0 Å². The Morgan fingerprint density at radius 1 is 1.05 bits per heavy atom. The number of phenolic OH excluding ortho intramolecular Hbond substituents is 1. The largest absolute Gasteiger partial charge is 0.508 e. The van der Waals surface area contributed by atoms with Gasteiger partial charge in [0.05, 0.1) is 14.2 Å². The molecule has 0 aromatic heterocycles. The molecule has 0 heterocycles. The van der Waals surface area contributed by atoms with Gasteiger partial charge >= 0.3 is 0 Å². The Labute approximate surface area is 123 Å². The average Bonchev–Trinajstić information content (AvgIpc) is 2.49. The van der Waals surface area contributed by atoms with Crippen LogP contribution >= 0.6 is 0 Å². The van der Waals surface area contributed by atoms with Crippen LogP contribution in [0.3, 0.4) is 0 Å². The second-order valence-corrected chi connectivity index (χ2v) is 4.52. The monoisotopic (exact) mass is 287 g/mol. The van der Waals surface area contributed by atoms with Crippen LogP contribution in [0.5, 0.6) is 17.2 Å². The Bertz CT molecular complexity index is 650. The molecule has 0 bridgehead atoms. The Hall–Kier alpha value is -2.69. The smallest absolute Gasteiger partial charge is 0.256 e. The van der Waals surface area contributed by atoms with E-state index in [1.165, 1.54) is 19.2 Å². The van der Waals surface area contributed by atoms with Gasteiger partial charge in [-0.15, -0.1) is 0 Å². The highest BCUT2D eigenvalue weighted by molar-refractivity contribution is 6.05. The minimum absolute atomic E-state index is 0.148. The molecule has 5 heteroatoms. The fourth-order valence-electron chi connectivity index (χ4n) is 1.97. The number of benzene rings is 2. The van der Waals surface area contributed by atoms with Crippen molar-refractivity contribution >= 4 is 11.6 Å². The Balaban J connectivity index is 2.28. The third-order valence-electron chi connectivity index (χ3n) is 3.10. The number of amides is 1. The van der Waals surface area contributed by atoms with Crippen molar-refractivity contribution in [1.82, 2.24) is 0 Å². The van der Waals surface area contributed by atoms with E-state index in [2.05, 4.69) is 5.32 Å². The summed E-state index contributed by atoms with van der Waals surface area (Å²) < 4.78 is 10.4. The highest BCUT2D eigenvalue weighted by Crippen LogP contribution is 2.30. The van der Waals surface area contributed by atoms with Crippen LogP contribution in [-0.2, 0) is 0 Å². The second-order valence-electron chi connectivity index (χ2n) is 4.52. The molecule has 0 aliphatic carbocycles. The SMILES string of the molecule is COc1cc(C)c(C(=O)Nc2ccc(O)cc2)cc1OC. The number of hydrogen-bond acceptors (Lipinski definition) is 4. The van der Waals surface area contributed by atoms with Crippen LogP contribution in [0.4, 0.5) is 5.69 Å². The predicted octanol–water partition coefficient (Wildman–Crippen LogP) is 2.97. The number of aromatic hydroxyl groups is 1. The first-order valence-corrected chi connectivity index (χ1v) is 6.38. The topological polar surface area (TPSA) is 67.8 Å². The van der Waals surface area contributed by atoms with E-state index in [4.69, 9.17) is 9.47 Å². The number of ether oxygens (including phenoxy) is 2. The predicted molar refractivity (Wildman–Crippen MR) is 80.3 cm³/mol. The van der Waals surface area contributed by atoms with Gasteiger partial charge in [-0.2, -0.15) is 0 Å². The van der Waals surface area contributed by atoms with Gasteiger partial charge in [-0.05, 0) is 48.9 Å². The third-order valence-corrected chi connectivity index (χ3v) is 3.10. The van der Waals surface area contributed by atoms with Crippen molar-refractivity contribution in [3.05, 3.63) is 47.5 Å². The summed E-state index contributed by atoms with van der Waals surface area (Å²) in [6.07, 6.45) is 0. The first-order valence-electron chi connectivity index (χ1n) is 6.38. The van der Waals surface area contributed by atoms with Gasteiger partial charge < -0.3 is 19.9 Å². The molecular weight excluding hydrogens is 270 g/mol. The number of methoxy groups -OCH3 is 2. The standard InChI is InChI=1S/C16H17NO4/c1-10-8-14(20-2)15(21-3)9-13(10)16(19)17-11-4-6-12(18)7-5-11/h4-9,18H,1-3H3,(H,17,19). The number of aryl methyl sites for hydroxylation is 1. The molecule has 0 spiro atoms. The molecule has 2 rings (SSSR count). The van der Waals surface area contributed by atoms with Crippen molar-refractivity contribution < 1.29 is 19.4 Å². The van der Waals surface area contributed by atoms with Gasteiger partial charge in [0.2, 0.25) is 0 Å². The first kappa shape index (κ1) is 14.7. The summed E-state index contributed by atoms with van der Waals surface area (Å²) in [7, 11) is 3.07. The molecule has 21 heavy (non-hydrogen) atoms. The molecular formula is C16H17NO4. The average molecular weight is 287 g/mol. The fraction of sp³-hybridized carbons (Fsp3) is 0.188. The lowest BCUT2D eigenvalue weighted by Crippen LogP contribution is -2.13. The molecule has 0 saturated heterocycles. The van der Waals surface area contributed by atoms with E-state index in [0.29, 0.717) is 22.7 Å². The quantitative estimate of drug-likeness (QED) is 0.848. The first-order chi connectivity index (χ1) is 10.0. The maximum absolute atomic E-state index is 12.3. The summed E-state index contributed by atoms with van der Waals surface area (Å²) in [6, 6.07) is 9.68. The molecule has 0 atom stereocenters. The number of rotatable bonds is 4. The number of nitrogens with one attached hydrogen (secondary N) is 1. The van der Waals surface area contributed by atoms with Crippen LogP contribution in [0.2, 0.25) is 0 Å². The highest BCUT2D eigenvalue weighted by atomic mass is 16.5. The van der Waals surface area contributed by atoms with Crippen LogP contribution in [0.1, 0.15) is 15.9 Å². The number of phenols is 1. The van der Waals surface area contributed by atoms with Crippen LogP contribution < -0.4 is 14.8 Å². The third kappa shape index (κ3) is 3.25. The van der Waals surface area contributed by atoms with Gasteiger partial charge in [0.25, 0.3) is 5.91 Å². The summed E-state index contributed by atoms with van der Waals surface area (Å²) in [4.78, 5) is 12.3. The lowest BCUT2D eigenvalue weighted by atomic mass is 10.1. The van der Waals surface area contributed by atoms with Gasteiger partial charge in [-0.3, -0.25) is 4.79 Å². The molecule has 0 aliphatic rings. The van der Waals surface area contributed by atoms with E-state index in [9.17, 15) is 9.90 Å². The van der Waals surface area contributed by atoms with Crippen molar-refractivity contribution in [2.45, 2.75) is 6.92 Å². The highest BCUT2D eigenvalue weighted by Gasteiger charge is 2.14. The summed E-state index contributed by atoms with van der Waals surface area (Å²) in [5.41, 5.74) is 1.89. The molecule has 0 aliphatic heterocycles. The normalized spacial score (nSPS) is 10.0. The molecule has 0 fully saturated rings. The molecule has 1 amide bonds. The number of hydrogen-bond donors (Lipinski definition) is 2. The Morgan fingerprint density at radius 2 is 1.62 bits per heavy atom. The second kappa shape index (κ2) is 6.17. The van der Waals surface area contributed by atoms with Crippen LogP contribution in [0.25, 0.3) is 0 Å². The van der Waals surface area contributed by atoms with Gasteiger partial charge in [0.1, 0.15) is 5.75 Å². The summed E-state index contributed by atoms with van der Waals surface area (Å²) in [5.74, 6) is 0.976. The van der Waals surface area contributed by atoms with E-state index in [1.807, 2.05) is 6.92 Å². The zero-order chi connectivity index (χ0) is 15.4. The molecule has 0 radical (unpaired) electrons. The number of carbonyl (C=O) groups is 1. The molecule has 2 aromatic rings. The van der Waals surface area contributed by atoms with Crippen molar-refractivity contribution in [2.75, 3.05) is 19.5 Å². The summed E-state index contributed by atoms with van der Waals surface area (Å²) in [5, 5.41) is 12.0. The number of carbonyl (C=O) groups excluding carboxylic acids is 1. The van der Waals surface area contributed by atoms with E-state index in [1.54, 1.807) is 31.4 Å². The maximum Gasteiger partial charge on any atom is 0.256 e. The van der Waals surface area contributed by atoms with Gasteiger partial charge in [0, 0.05) is 11.3 Å². The minimum Gasteiger partial charge on any atom is -0.508 e. The zero-order valence-corrected chi connectivity index (χ0v) is 12.1. The van der Waals surface area contributed by atoms with Crippen LogP contribution in [0, 0.1) is 6.92 Å². The Morgan fingerprint density at radius 3 is 2.19 bits per heavy atom. The van der Waals surface area contributed by atoms with Gasteiger partial charge in [-0.25, -0.2) is 0 Å². The minimum atomic E-state index is -0.251. The lowest BCUT2D eigenvalue weighted by Gasteiger charge is -2.13. The maximum atomic E-state index is 12.3. The fourth-order valence-corrected chi connectivity index (χ4v) is 1.97. The van der Waals surface area contributed by atoms with Crippen molar-refractivity contribution in [2.24, 2.45) is 0 Å². The number of anilines is 1. The van der Waals surface area contributed by atoms with Crippen LogP contribution in [0.15, 0.2) is 36.4 Å². The molecule has 5 nitrogen and oxygen atoms in total. The molecule has 110 valence electrons. The zero-order valence-electron chi connectivity index (χ0n) is 12.1. The van der Waals surface area contributed by atoms with Crippen LogP contribution in [-0.4, -0.2) is 25.2 Å². The molecule has 2 aromatic carbocycles. The van der Waals surface area contributed by atoms with E-state index in [-0.39, 0.29) is 11.7 Å².